The molecule has 0 atom stereocenters. The molecule has 0 heterocycles. The van der Waals surface area contributed by atoms with E-state index >= 15 is 0 Å². The summed E-state index contributed by atoms with van der Waals surface area (Å²) in [4.78, 5) is 0. The number of aryl methyl sites for hydroxylation is 3. The van der Waals surface area contributed by atoms with Crippen LogP contribution in [-0.2, 0) is 0 Å². The Hall–Kier alpha value is -1.08. The van der Waals surface area contributed by atoms with Crippen molar-refractivity contribution in [3.05, 3.63) is 40.0 Å². The zero-order valence-electron chi connectivity index (χ0n) is 12.9. The molecule has 0 aromatic heterocycles. The minimum Gasteiger partial charge on any atom is -0.308 e. The molecule has 100 valence electrons. The first-order valence-corrected chi connectivity index (χ1v) is 6.69. The summed E-state index contributed by atoms with van der Waals surface area (Å²) < 4.78 is 0. The Morgan fingerprint density at radius 1 is 1.06 bits per heavy atom. The fraction of sp³-hybridized carbons (Fsp3) is 0.529. The van der Waals surface area contributed by atoms with Gasteiger partial charge in [0.2, 0.25) is 0 Å². The molecule has 0 fully saturated rings. The van der Waals surface area contributed by atoms with Gasteiger partial charge in [-0.05, 0) is 70.7 Å². The van der Waals surface area contributed by atoms with Gasteiger partial charge in [-0.2, -0.15) is 0 Å². The molecule has 0 aliphatic heterocycles. The largest absolute Gasteiger partial charge is 0.308 e. The lowest BCUT2D eigenvalue weighted by molar-refractivity contribution is 0.445. The monoisotopic (exact) mass is 245 g/mol. The van der Waals surface area contributed by atoms with Crippen molar-refractivity contribution in [3.8, 4) is 0 Å². The van der Waals surface area contributed by atoms with Crippen molar-refractivity contribution in [3.63, 3.8) is 0 Å². The molecule has 18 heavy (non-hydrogen) atoms. The summed E-state index contributed by atoms with van der Waals surface area (Å²) >= 11 is 0. The molecule has 0 bridgehead atoms. The van der Waals surface area contributed by atoms with Crippen LogP contribution in [0.1, 0.15) is 49.9 Å². The van der Waals surface area contributed by atoms with Crippen LogP contribution in [0.15, 0.2) is 17.7 Å². The third-order valence-electron chi connectivity index (χ3n) is 3.18. The second kappa shape index (κ2) is 5.71. The average Bonchev–Trinajstić information content (AvgIpc) is 2.22. The average molecular weight is 245 g/mol. The smallest absolute Gasteiger partial charge is 0.0170 e. The minimum absolute atomic E-state index is 0.174. The Kier molecular flexibility index (Phi) is 4.75. The maximum Gasteiger partial charge on any atom is 0.0170 e. The maximum absolute atomic E-state index is 3.52. The molecule has 1 heteroatoms. The lowest BCUT2D eigenvalue weighted by Crippen LogP contribution is -2.36. The highest BCUT2D eigenvalue weighted by molar-refractivity contribution is 5.58. The zero-order chi connectivity index (χ0) is 13.9. The highest BCUT2D eigenvalue weighted by Gasteiger charge is 2.08. The van der Waals surface area contributed by atoms with Crippen LogP contribution in [-0.4, -0.2) is 12.1 Å². The lowest BCUT2D eigenvalue weighted by atomic mass is 9.99. The van der Waals surface area contributed by atoms with Gasteiger partial charge >= 0.3 is 0 Å². The number of hydrogen-bond donors (Lipinski definition) is 1. The lowest BCUT2D eigenvalue weighted by Gasteiger charge is -2.20. The second-order valence-corrected chi connectivity index (χ2v) is 6.39. The van der Waals surface area contributed by atoms with Crippen LogP contribution in [0.2, 0.25) is 0 Å². The van der Waals surface area contributed by atoms with E-state index < -0.39 is 0 Å². The van der Waals surface area contributed by atoms with Crippen molar-refractivity contribution in [1.82, 2.24) is 5.32 Å². The van der Waals surface area contributed by atoms with E-state index in [1.54, 1.807) is 0 Å². The zero-order valence-corrected chi connectivity index (χ0v) is 12.9. The van der Waals surface area contributed by atoms with Gasteiger partial charge in [0.15, 0.2) is 0 Å². The third kappa shape index (κ3) is 4.66. The van der Waals surface area contributed by atoms with Crippen molar-refractivity contribution in [2.75, 3.05) is 6.54 Å². The van der Waals surface area contributed by atoms with Gasteiger partial charge < -0.3 is 5.32 Å². The molecule has 0 amide bonds. The predicted octanol–water partition coefficient (Wildman–Crippen LogP) is 4.40. The number of benzene rings is 1. The molecule has 0 aliphatic rings. The molecule has 0 aliphatic carbocycles. The Morgan fingerprint density at radius 2 is 1.61 bits per heavy atom. The van der Waals surface area contributed by atoms with E-state index in [1.165, 1.54) is 27.8 Å². The van der Waals surface area contributed by atoms with Gasteiger partial charge in [-0.15, -0.1) is 0 Å². The first kappa shape index (κ1) is 15.0. The van der Waals surface area contributed by atoms with Crippen molar-refractivity contribution in [2.24, 2.45) is 0 Å². The summed E-state index contributed by atoms with van der Waals surface area (Å²) in [6, 6.07) is 4.55. The molecule has 0 saturated carbocycles. The molecule has 1 aromatic rings. The Balaban J connectivity index is 2.86. The quantitative estimate of drug-likeness (QED) is 0.832. The summed E-state index contributed by atoms with van der Waals surface area (Å²) in [5.74, 6) is 0. The van der Waals surface area contributed by atoms with E-state index in [0.717, 1.165) is 6.54 Å². The summed E-state index contributed by atoms with van der Waals surface area (Å²) in [6.07, 6.45) is 2.29. The summed E-state index contributed by atoms with van der Waals surface area (Å²) in [5.41, 5.74) is 6.97. The van der Waals surface area contributed by atoms with E-state index in [-0.39, 0.29) is 5.54 Å². The van der Waals surface area contributed by atoms with E-state index in [1.807, 2.05) is 0 Å². The standard InChI is InChI=1S/C17H27N/c1-12(11-18-17(5,6)7)8-16-10-14(3)13(2)9-15(16)4/h8-10,18H,11H2,1-7H3. The topological polar surface area (TPSA) is 12.0 Å². The Morgan fingerprint density at radius 3 is 2.17 bits per heavy atom. The molecular weight excluding hydrogens is 218 g/mol. The van der Waals surface area contributed by atoms with Crippen molar-refractivity contribution >= 4 is 6.08 Å². The number of nitrogens with one attached hydrogen (secondary N) is 1. The second-order valence-electron chi connectivity index (χ2n) is 6.39. The summed E-state index contributed by atoms with van der Waals surface area (Å²) in [7, 11) is 0. The highest BCUT2D eigenvalue weighted by atomic mass is 14.9. The van der Waals surface area contributed by atoms with Gasteiger partial charge in [0.05, 0.1) is 0 Å². The Labute approximate surface area is 112 Å². The molecule has 1 N–H and O–H groups in total. The fourth-order valence-electron chi connectivity index (χ4n) is 1.86. The van der Waals surface area contributed by atoms with E-state index in [4.69, 9.17) is 0 Å². The molecule has 0 radical (unpaired) electrons. The van der Waals surface area contributed by atoms with E-state index in [9.17, 15) is 0 Å². The van der Waals surface area contributed by atoms with Crippen molar-refractivity contribution in [1.29, 1.82) is 0 Å². The minimum atomic E-state index is 0.174. The van der Waals surface area contributed by atoms with Gasteiger partial charge in [0.25, 0.3) is 0 Å². The molecule has 0 spiro atoms. The summed E-state index contributed by atoms with van der Waals surface area (Å²) in [5, 5.41) is 3.52. The molecule has 1 rings (SSSR count). The fourth-order valence-corrected chi connectivity index (χ4v) is 1.86. The van der Waals surface area contributed by atoms with Crippen LogP contribution >= 0.6 is 0 Å². The van der Waals surface area contributed by atoms with Crippen LogP contribution in [0.3, 0.4) is 0 Å². The molecule has 1 nitrogen and oxygen atoms in total. The SMILES string of the molecule is CC(=Cc1cc(C)c(C)cc1C)CNC(C)(C)C. The normalized spacial score (nSPS) is 12.9. The summed E-state index contributed by atoms with van der Waals surface area (Å²) in [6.45, 7) is 16.2. The van der Waals surface area contributed by atoms with Crippen LogP contribution in [0.4, 0.5) is 0 Å². The van der Waals surface area contributed by atoms with Crippen LogP contribution in [0.5, 0.6) is 0 Å². The van der Waals surface area contributed by atoms with Crippen molar-refractivity contribution < 1.29 is 0 Å². The molecular formula is C17H27N. The third-order valence-corrected chi connectivity index (χ3v) is 3.18. The molecule has 1 aromatic carbocycles. The van der Waals surface area contributed by atoms with E-state index in [2.05, 4.69) is 72.0 Å². The maximum atomic E-state index is 3.52. The van der Waals surface area contributed by atoms with Crippen LogP contribution in [0, 0.1) is 20.8 Å². The van der Waals surface area contributed by atoms with Crippen LogP contribution < -0.4 is 5.32 Å². The molecule has 0 saturated heterocycles. The highest BCUT2D eigenvalue weighted by Crippen LogP contribution is 2.18. The number of rotatable bonds is 3. The van der Waals surface area contributed by atoms with Gasteiger partial charge in [0.1, 0.15) is 0 Å². The predicted molar refractivity (Wildman–Crippen MR) is 82.1 cm³/mol. The van der Waals surface area contributed by atoms with Gasteiger partial charge in [-0.25, -0.2) is 0 Å². The first-order chi connectivity index (χ1) is 8.19. The van der Waals surface area contributed by atoms with Gasteiger partial charge in [0, 0.05) is 12.1 Å². The van der Waals surface area contributed by atoms with Crippen LogP contribution in [0.25, 0.3) is 6.08 Å². The molecule has 0 unspecified atom stereocenters. The van der Waals surface area contributed by atoms with E-state index in [0.29, 0.717) is 0 Å². The number of hydrogen-bond acceptors (Lipinski definition) is 1. The van der Waals surface area contributed by atoms with Gasteiger partial charge in [-0.1, -0.05) is 23.8 Å². The van der Waals surface area contributed by atoms with Crippen molar-refractivity contribution in [2.45, 2.75) is 54.0 Å². The van der Waals surface area contributed by atoms with Gasteiger partial charge in [-0.3, -0.25) is 0 Å². The first-order valence-electron chi connectivity index (χ1n) is 6.69. The Bertz CT molecular complexity index is 447.